The standard InChI is InChI=1S/C15H31NS/c1-12(2)8-9-16-11-14(4)17-15-7-5-6-13(3)10-15/h12-16H,5-11H2,1-4H3. The van der Waals surface area contributed by atoms with Gasteiger partial charge in [0.15, 0.2) is 0 Å². The third-order valence-electron chi connectivity index (χ3n) is 3.64. The lowest BCUT2D eigenvalue weighted by Crippen LogP contribution is -2.27. The molecule has 0 saturated heterocycles. The van der Waals surface area contributed by atoms with Crippen LogP contribution >= 0.6 is 11.8 Å². The fraction of sp³-hybridized carbons (Fsp3) is 1.00. The van der Waals surface area contributed by atoms with Crippen LogP contribution in [0.15, 0.2) is 0 Å². The molecule has 0 aromatic rings. The van der Waals surface area contributed by atoms with E-state index in [1.807, 2.05) is 0 Å². The molecule has 0 spiro atoms. The van der Waals surface area contributed by atoms with Crippen LogP contribution in [0.25, 0.3) is 0 Å². The molecule has 0 amide bonds. The predicted octanol–water partition coefficient (Wildman–Crippen LogP) is 4.32. The van der Waals surface area contributed by atoms with E-state index in [2.05, 4.69) is 44.8 Å². The normalized spacial score (nSPS) is 27.4. The first kappa shape index (κ1) is 15.4. The van der Waals surface area contributed by atoms with E-state index < -0.39 is 0 Å². The van der Waals surface area contributed by atoms with E-state index in [1.54, 1.807) is 0 Å². The summed E-state index contributed by atoms with van der Waals surface area (Å²) in [5, 5.41) is 5.30. The summed E-state index contributed by atoms with van der Waals surface area (Å²) >= 11 is 2.22. The lowest BCUT2D eigenvalue weighted by molar-refractivity contribution is 0.393. The first-order chi connectivity index (χ1) is 8.08. The van der Waals surface area contributed by atoms with Gasteiger partial charge in [0.2, 0.25) is 0 Å². The molecule has 17 heavy (non-hydrogen) atoms. The van der Waals surface area contributed by atoms with Gasteiger partial charge in [-0.1, -0.05) is 40.5 Å². The largest absolute Gasteiger partial charge is 0.316 e. The molecule has 1 fully saturated rings. The number of hydrogen-bond donors (Lipinski definition) is 1. The Morgan fingerprint density at radius 3 is 2.65 bits per heavy atom. The fourth-order valence-electron chi connectivity index (χ4n) is 2.57. The molecule has 102 valence electrons. The predicted molar refractivity (Wildman–Crippen MR) is 80.8 cm³/mol. The smallest absolute Gasteiger partial charge is 0.0146 e. The van der Waals surface area contributed by atoms with Crippen molar-refractivity contribution in [1.82, 2.24) is 5.32 Å². The number of rotatable bonds is 7. The van der Waals surface area contributed by atoms with Crippen molar-refractivity contribution in [2.75, 3.05) is 13.1 Å². The van der Waals surface area contributed by atoms with Crippen LogP contribution in [0.4, 0.5) is 0 Å². The molecule has 3 unspecified atom stereocenters. The fourth-order valence-corrected chi connectivity index (χ4v) is 4.19. The van der Waals surface area contributed by atoms with Gasteiger partial charge in [-0.3, -0.25) is 0 Å². The zero-order valence-corrected chi connectivity index (χ0v) is 13.0. The molecule has 0 aliphatic heterocycles. The summed E-state index contributed by atoms with van der Waals surface area (Å²) in [7, 11) is 0. The van der Waals surface area contributed by atoms with Crippen LogP contribution in [-0.4, -0.2) is 23.6 Å². The highest BCUT2D eigenvalue weighted by Gasteiger charge is 2.20. The molecule has 1 N–H and O–H groups in total. The van der Waals surface area contributed by atoms with Crippen molar-refractivity contribution in [2.45, 2.75) is 70.3 Å². The molecule has 0 bridgehead atoms. The second kappa shape index (κ2) is 8.42. The first-order valence-corrected chi connectivity index (χ1v) is 8.38. The van der Waals surface area contributed by atoms with Crippen molar-refractivity contribution in [3.05, 3.63) is 0 Å². The van der Waals surface area contributed by atoms with Crippen molar-refractivity contribution in [1.29, 1.82) is 0 Å². The topological polar surface area (TPSA) is 12.0 Å². The molecule has 0 aromatic carbocycles. The van der Waals surface area contributed by atoms with Crippen LogP contribution in [0.3, 0.4) is 0 Å². The summed E-state index contributed by atoms with van der Waals surface area (Å²) < 4.78 is 0. The molecule has 2 heteroatoms. The van der Waals surface area contributed by atoms with Crippen molar-refractivity contribution >= 4 is 11.8 Å². The van der Waals surface area contributed by atoms with Gasteiger partial charge in [-0.15, -0.1) is 0 Å². The Kier molecular flexibility index (Phi) is 7.61. The Morgan fingerprint density at radius 1 is 1.24 bits per heavy atom. The highest BCUT2D eigenvalue weighted by molar-refractivity contribution is 8.00. The summed E-state index contributed by atoms with van der Waals surface area (Å²) in [6.45, 7) is 11.8. The zero-order valence-electron chi connectivity index (χ0n) is 12.2. The highest BCUT2D eigenvalue weighted by Crippen LogP contribution is 2.33. The summed E-state index contributed by atoms with van der Waals surface area (Å²) in [6.07, 6.45) is 7.11. The van der Waals surface area contributed by atoms with Gasteiger partial charge in [-0.05, 0) is 37.6 Å². The van der Waals surface area contributed by atoms with Gasteiger partial charge in [0.05, 0.1) is 0 Å². The molecular formula is C15H31NS. The summed E-state index contributed by atoms with van der Waals surface area (Å²) in [5.41, 5.74) is 0. The molecule has 1 aliphatic rings. The lowest BCUT2D eigenvalue weighted by Gasteiger charge is -2.28. The van der Waals surface area contributed by atoms with Crippen LogP contribution in [0.2, 0.25) is 0 Å². The monoisotopic (exact) mass is 257 g/mol. The maximum absolute atomic E-state index is 3.60. The van der Waals surface area contributed by atoms with Crippen LogP contribution in [0.5, 0.6) is 0 Å². The van der Waals surface area contributed by atoms with Gasteiger partial charge in [-0.25, -0.2) is 0 Å². The van der Waals surface area contributed by atoms with E-state index in [0.717, 1.165) is 22.3 Å². The van der Waals surface area contributed by atoms with Crippen LogP contribution in [0, 0.1) is 11.8 Å². The summed E-state index contributed by atoms with van der Waals surface area (Å²) in [4.78, 5) is 0. The van der Waals surface area contributed by atoms with E-state index >= 15 is 0 Å². The molecule has 1 saturated carbocycles. The number of thioether (sulfide) groups is 1. The average molecular weight is 257 g/mol. The van der Waals surface area contributed by atoms with E-state index in [9.17, 15) is 0 Å². The Labute approximate surface area is 113 Å². The van der Waals surface area contributed by atoms with Crippen molar-refractivity contribution in [3.63, 3.8) is 0 Å². The van der Waals surface area contributed by atoms with Gasteiger partial charge in [0.25, 0.3) is 0 Å². The van der Waals surface area contributed by atoms with E-state index in [4.69, 9.17) is 0 Å². The van der Waals surface area contributed by atoms with E-state index in [0.29, 0.717) is 0 Å². The maximum atomic E-state index is 3.60. The summed E-state index contributed by atoms with van der Waals surface area (Å²) in [5.74, 6) is 1.78. The minimum Gasteiger partial charge on any atom is -0.316 e. The van der Waals surface area contributed by atoms with Gasteiger partial charge >= 0.3 is 0 Å². The number of nitrogens with one attached hydrogen (secondary N) is 1. The molecule has 1 rings (SSSR count). The molecule has 0 radical (unpaired) electrons. The van der Waals surface area contributed by atoms with Crippen molar-refractivity contribution < 1.29 is 0 Å². The van der Waals surface area contributed by atoms with Gasteiger partial charge in [0.1, 0.15) is 0 Å². The Hall–Kier alpha value is 0.310. The van der Waals surface area contributed by atoms with Gasteiger partial charge < -0.3 is 5.32 Å². The minimum absolute atomic E-state index is 0.775. The molecule has 1 nitrogen and oxygen atoms in total. The third kappa shape index (κ3) is 7.35. The minimum atomic E-state index is 0.775. The SMILES string of the molecule is CC(C)CCNCC(C)SC1CCCC(C)C1. The molecular weight excluding hydrogens is 226 g/mol. The average Bonchev–Trinajstić information content (AvgIpc) is 2.24. The second-order valence-corrected chi connectivity index (χ2v) is 7.97. The van der Waals surface area contributed by atoms with Gasteiger partial charge in [-0.2, -0.15) is 11.8 Å². The summed E-state index contributed by atoms with van der Waals surface area (Å²) in [6, 6.07) is 0. The van der Waals surface area contributed by atoms with Crippen LogP contribution in [0.1, 0.15) is 59.8 Å². The Bertz CT molecular complexity index is 193. The van der Waals surface area contributed by atoms with E-state index in [-0.39, 0.29) is 0 Å². The van der Waals surface area contributed by atoms with E-state index in [1.165, 1.54) is 45.2 Å². The Balaban J connectivity index is 2.05. The van der Waals surface area contributed by atoms with Crippen LogP contribution < -0.4 is 5.32 Å². The first-order valence-electron chi connectivity index (χ1n) is 7.44. The van der Waals surface area contributed by atoms with Gasteiger partial charge in [0, 0.05) is 17.0 Å². The molecule has 0 heterocycles. The molecule has 1 aliphatic carbocycles. The molecule has 3 atom stereocenters. The quantitative estimate of drug-likeness (QED) is 0.682. The zero-order chi connectivity index (χ0) is 12.7. The third-order valence-corrected chi connectivity index (χ3v) is 5.09. The Morgan fingerprint density at radius 2 is 2.00 bits per heavy atom. The highest BCUT2D eigenvalue weighted by atomic mass is 32.2. The molecule has 0 aromatic heterocycles. The maximum Gasteiger partial charge on any atom is 0.0146 e. The number of hydrogen-bond acceptors (Lipinski definition) is 2. The van der Waals surface area contributed by atoms with Crippen LogP contribution in [-0.2, 0) is 0 Å². The second-order valence-electron chi connectivity index (χ2n) is 6.23. The van der Waals surface area contributed by atoms with Crippen molar-refractivity contribution in [2.24, 2.45) is 11.8 Å². The lowest BCUT2D eigenvalue weighted by atomic mass is 9.91. The van der Waals surface area contributed by atoms with Crippen molar-refractivity contribution in [3.8, 4) is 0 Å².